The van der Waals surface area contributed by atoms with Crippen LogP contribution in [0.15, 0.2) is 18.3 Å². The highest BCUT2D eigenvalue weighted by Gasteiger charge is 2.41. The Bertz CT molecular complexity index is 711. The molecule has 0 spiro atoms. The van der Waals surface area contributed by atoms with Crippen LogP contribution in [0.25, 0.3) is 0 Å². The molecule has 0 aromatic carbocycles. The molecule has 1 aliphatic rings. The first-order chi connectivity index (χ1) is 10.7. The van der Waals surface area contributed by atoms with E-state index >= 15 is 0 Å². The molecule has 3 rings (SSSR count). The van der Waals surface area contributed by atoms with Crippen LogP contribution in [-0.2, 0) is 17.4 Å². The smallest absolute Gasteiger partial charge is 0.223 e. The summed E-state index contributed by atoms with van der Waals surface area (Å²) < 4.78 is 0. The predicted octanol–water partition coefficient (Wildman–Crippen LogP) is 3.61. The van der Waals surface area contributed by atoms with Crippen LogP contribution in [0.1, 0.15) is 72.2 Å². The summed E-state index contributed by atoms with van der Waals surface area (Å²) in [6.45, 7) is 8.73. The molecule has 1 aliphatic carbocycles. The molecule has 0 radical (unpaired) electrons. The highest BCUT2D eigenvalue weighted by atomic mass is 32.1. The van der Waals surface area contributed by atoms with E-state index in [2.05, 4.69) is 32.7 Å². The third-order valence-electron chi connectivity index (χ3n) is 4.70. The number of aromatic nitrogens is 2. The molecule has 0 saturated heterocycles. The molecule has 0 atom stereocenters. The van der Waals surface area contributed by atoms with Crippen molar-refractivity contribution >= 4 is 17.1 Å². The zero-order chi connectivity index (χ0) is 16.8. The second-order valence-corrected chi connectivity index (χ2v) is 8.49. The van der Waals surface area contributed by atoms with Gasteiger partial charge in [0.15, 0.2) is 5.01 Å². The van der Waals surface area contributed by atoms with Crippen molar-refractivity contribution in [2.45, 2.75) is 58.0 Å². The zero-order valence-electron chi connectivity index (χ0n) is 14.0. The maximum atomic E-state index is 12.7. The number of aliphatic hydroxyl groups is 1. The lowest BCUT2D eigenvalue weighted by Gasteiger charge is -2.37. The topological polar surface area (TPSA) is 63.1 Å². The van der Waals surface area contributed by atoms with Crippen LogP contribution in [0.4, 0.5) is 0 Å². The Labute approximate surface area is 140 Å². The van der Waals surface area contributed by atoms with Gasteiger partial charge >= 0.3 is 0 Å². The van der Waals surface area contributed by atoms with Crippen molar-refractivity contribution in [3.8, 4) is 0 Å². The average molecular weight is 330 g/mol. The molecule has 2 heterocycles. The third-order valence-corrected chi connectivity index (χ3v) is 6.12. The molecule has 0 unspecified atom stereocenters. The van der Waals surface area contributed by atoms with Crippen LogP contribution >= 0.6 is 11.3 Å². The Morgan fingerprint density at radius 1 is 1.22 bits per heavy atom. The van der Waals surface area contributed by atoms with Gasteiger partial charge in [0, 0.05) is 27.5 Å². The van der Waals surface area contributed by atoms with Gasteiger partial charge in [0.25, 0.3) is 0 Å². The van der Waals surface area contributed by atoms with Crippen LogP contribution < -0.4 is 0 Å². The number of nitrogens with zero attached hydrogens (tertiary/aromatic N) is 2. The minimum absolute atomic E-state index is 0.0128. The normalized spacial score (nSPS) is 18.5. The molecule has 23 heavy (non-hydrogen) atoms. The summed E-state index contributed by atoms with van der Waals surface area (Å²) in [5, 5.41) is 9.59. The fraction of sp³-hybridized carbons (Fsp3) is 0.500. The van der Waals surface area contributed by atoms with Crippen molar-refractivity contribution in [1.82, 2.24) is 9.97 Å². The molecule has 4 nitrogen and oxygen atoms in total. The summed E-state index contributed by atoms with van der Waals surface area (Å²) in [5.74, 6) is -0.0898. The molecule has 5 heteroatoms. The number of thiazole rings is 1. The summed E-state index contributed by atoms with van der Waals surface area (Å²) >= 11 is 1.52. The Kier molecular flexibility index (Phi) is 3.89. The van der Waals surface area contributed by atoms with Crippen LogP contribution in [0.3, 0.4) is 0 Å². The summed E-state index contributed by atoms with van der Waals surface area (Å²) in [4.78, 5) is 22.8. The lowest BCUT2D eigenvalue weighted by Crippen LogP contribution is -2.32. The number of carbonyl (C=O) groups is 1. The summed E-state index contributed by atoms with van der Waals surface area (Å²) in [5.41, 5.74) is 2.23. The molecular formula is C18H22N2O2S. The Morgan fingerprint density at radius 2 is 1.91 bits per heavy atom. The Hall–Kier alpha value is -1.59. The van der Waals surface area contributed by atoms with Crippen LogP contribution in [0.2, 0.25) is 0 Å². The number of ketones is 1. The summed E-state index contributed by atoms with van der Waals surface area (Å²) in [7, 11) is 0. The maximum Gasteiger partial charge on any atom is 0.223 e. The van der Waals surface area contributed by atoms with E-state index in [1.54, 1.807) is 12.1 Å². The van der Waals surface area contributed by atoms with Crippen molar-refractivity contribution in [3.63, 3.8) is 0 Å². The predicted molar refractivity (Wildman–Crippen MR) is 91.0 cm³/mol. The van der Waals surface area contributed by atoms with E-state index < -0.39 is 0 Å². The van der Waals surface area contributed by atoms with E-state index in [0.29, 0.717) is 16.3 Å². The van der Waals surface area contributed by atoms with Gasteiger partial charge in [0.05, 0.1) is 18.0 Å². The van der Waals surface area contributed by atoms with Gasteiger partial charge in [0.2, 0.25) is 5.78 Å². The minimum atomic E-state index is -0.123. The van der Waals surface area contributed by atoms with Crippen molar-refractivity contribution in [1.29, 1.82) is 0 Å². The lowest BCUT2D eigenvalue weighted by molar-refractivity contribution is 0.103. The van der Waals surface area contributed by atoms with Crippen molar-refractivity contribution < 1.29 is 9.90 Å². The molecule has 0 aliphatic heterocycles. The maximum absolute atomic E-state index is 12.7. The number of hydrogen-bond acceptors (Lipinski definition) is 5. The van der Waals surface area contributed by atoms with E-state index in [-0.39, 0.29) is 23.2 Å². The van der Waals surface area contributed by atoms with Gasteiger partial charge in [-0.1, -0.05) is 27.7 Å². The number of carbonyl (C=O) groups excluding carboxylic acids is 1. The largest absolute Gasteiger partial charge is 0.390 e. The Balaban J connectivity index is 2.01. The van der Waals surface area contributed by atoms with E-state index in [1.165, 1.54) is 22.4 Å². The van der Waals surface area contributed by atoms with Crippen molar-refractivity contribution in [2.75, 3.05) is 0 Å². The molecule has 0 saturated carbocycles. The molecule has 0 bridgehead atoms. The Morgan fingerprint density at radius 3 is 2.48 bits per heavy atom. The molecule has 2 aromatic heterocycles. The van der Waals surface area contributed by atoms with Gasteiger partial charge in [-0.2, -0.15) is 0 Å². The fourth-order valence-corrected chi connectivity index (χ4v) is 4.31. The first-order valence-corrected chi connectivity index (χ1v) is 8.68. The first-order valence-electron chi connectivity index (χ1n) is 7.87. The third kappa shape index (κ3) is 2.83. The second-order valence-electron chi connectivity index (χ2n) is 7.49. The standard InChI is InChI=1S/C18H22N2O2S/c1-17(2)7-8-18(3,4)15-14(17)20-16(23-15)13(22)11-5-6-12(10-21)19-9-11/h5-6,9,21H,7-8,10H2,1-4H3. The molecular weight excluding hydrogens is 308 g/mol. The van der Waals surface area contributed by atoms with E-state index in [0.717, 1.165) is 18.5 Å². The second kappa shape index (κ2) is 5.49. The minimum Gasteiger partial charge on any atom is -0.390 e. The molecule has 0 fully saturated rings. The monoisotopic (exact) mass is 330 g/mol. The molecule has 2 aromatic rings. The lowest BCUT2D eigenvalue weighted by atomic mass is 9.69. The highest BCUT2D eigenvalue weighted by Crippen LogP contribution is 2.48. The van der Waals surface area contributed by atoms with E-state index in [4.69, 9.17) is 10.1 Å². The molecule has 1 N–H and O–H groups in total. The van der Waals surface area contributed by atoms with Gasteiger partial charge in [-0.3, -0.25) is 9.78 Å². The zero-order valence-corrected chi connectivity index (χ0v) is 14.8. The first kappa shape index (κ1) is 16.3. The van der Waals surface area contributed by atoms with Crippen LogP contribution in [0.5, 0.6) is 0 Å². The SMILES string of the molecule is CC1(C)CCC(C)(C)c2sc(C(=O)c3ccc(CO)nc3)nc21. The van der Waals surface area contributed by atoms with Crippen LogP contribution in [0, 0.1) is 0 Å². The quantitative estimate of drug-likeness (QED) is 0.873. The van der Waals surface area contributed by atoms with Gasteiger partial charge in [-0.05, 0) is 25.0 Å². The molecule has 122 valence electrons. The fourth-order valence-electron chi connectivity index (χ4n) is 2.97. The number of aliphatic hydroxyl groups excluding tert-OH is 1. The van der Waals surface area contributed by atoms with Crippen molar-refractivity contribution in [2.24, 2.45) is 0 Å². The average Bonchev–Trinajstić information content (AvgIpc) is 2.99. The van der Waals surface area contributed by atoms with E-state index in [9.17, 15) is 4.79 Å². The summed E-state index contributed by atoms with van der Waals surface area (Å²) in [6.07, 6.45) is 3.71. The number of pyridine rings is 1. The van der Waals surface area contributed by atoms with Gasteiger partial charge in [0.1, 0.15) is 0 Å². The van der Waals surface area contributed by atoms with Gasteiger partial charge in [-0.25, -0.2) is 4.98 Å². The number of rotatable bonds is 3. The van der Waals surface area contributed by atoms with E-state index in [1.807, 2.05) is 0 Å². The number of fused-ring (bicyclic) bond motifs is 1. The van der Waals surface area contributed by atoms with Crippen molar-refractivity contribution in [3.05, 3.63) is 45.2 Å². The molecule has 0 amide bonds. The van der Waals surface area contributed by atoms with Gasteiger partial charge < -0.3 is 5.11 Å². The van der Waals surface area contributed by atoms with Gasteiger partial charge in [-0.15, -0.1) is 11.3 Å². The van der Waals surface area contributed by atoms with Crippen LogP contribution in [-0.4, -0.2) is 20.9 Å². The highest BCUT2D eigenvalue weighted by molar-refractivity contribution is 7.14. The number of hydrogen-bond donors (Lipinski definition) is 1. The summed E-state index contributed by atoms with van der Waals surface area (Å²) in [6, 6.07) is 3.38.